The molecule has 13 heteroatoms. The average molecular weight is 557 g/mol. The van der Waals surface area contributed by atoms with Crippen molar-refractivity contribution in [2.45, 2.75) is 83.6 Å². The molecule has 0 saturated carbocycles. The van der Waals surface area contributed by atoms with E-state index in [0.29, 0.717) is 19.3 Å². The van der Waals surface area contributed by atoms with E-state index in [-0.39, 0.29) is 66.9 Å². The zero-order valence-corrected chi connectivity index (χ0v) is 23.5. The fourth-order valence-corrected chi connectivity index (χ4v) is 5.20. The first-order chi connectivity index (χ1) is 17.8. The van der Waals surface area contributed by atoms with Gasteiger partial charge in [-0.25, -0.2) is 4.79 Å². The summed E-state index contributed by atoms with van der Waals surface area (Å²) in [6.07, 6.45) is 1.78. The van der Waals surface area contributed by atoms with Gasteiger partial charge in [0.25, 0.3) is 0 Å². The van der Waals surface area contributed by atoms with E-state index in [2.05, 4.69) is 16.0 Å². The van der Waals surface area contributed by atoms with E-state index < -0.39 is 35.1 Å². The molecule has 4 N–H and O–H groups in total. The predicted octanol–water partition coefficient (Wildman–Crippen LogP) is 0.479. The Labute approximate surface area is 227 Å². The van der Waals surface area contributed by atoms with Gasteiger partial charge in [0.15, 0.2) is 5.78 Å². The maximum atomic E-state index is 12.6. The third-order valence-corrected chi connectivity index (χ3v) is 7.46. The van der Waals surface area contributed by atoms with Crippen molar-refractivity contribution >= 4 is 53.1 Å². The van der Waals surface area contributed by atoms with Crippen molar-refractivity contribution in [3.63, 3.8) is 0 Å². The van der Waals surface area contributed by atoms with Crippen molar-refractivity contribution < 1.29 is 38.7 Å². The quantitative estimate of drug-likeness (QED) is 0.146. The summed E-state index contributed by atoms with van der Waals surface area (Å²) < 4.78 is 0. The second-order valence-electron chi connectivity index (χ2n) is 9.79. The lowest BCUT2D eigenvalue weighted by Gasteiger charge is -2.22. The number of carboxylic acids is 1. The van der Waals surface area contributed by atoms with Crippen molar-refractivity contribution in [1.82, 2.24) is 20.9 Å². The summed E-state index contributed by atoms with van der Waals surface area (Å²) >= 11 is 1.03. The third kappa shape index (κ3) is 10.8. The predicted molar refractivity (Wildman–Crippen MR) is 141 cm³/mol. The molecule has 1 aliphatic heterocycles. The van der Waals surface area contributed by atoms with Gasteiger partial charge in [0, 0.05) is 51.4 Å². The van der Waals surface area contributed by atoms with Gasteiger partial charge < -0.3 is 21.1 Å². The van der Waals surface area contributed by atoms with Crippen LogP contribution in [0.4, 0.5) is 0 Å². The summed E-state index contributed by atoms with van der Waals surface area (Å²) in [5.74, 6) is -3.79. The topological polar surface area (TPSA) is 179 Å². The van der Waals surface area contributed by atoms with Gasteiger partial charge in [0.05, 0.1) is 11.3 Å². The number of carboxylic acid groups (broad SMARTS) is 1. The zero-order valence-electron chi connectivity index (χ0n) is 22.7. The number of aliphatic carboxylic acids is 1. The van der Waals surface area contributed by atoms with Gasteiger partial charge in [0.1, 0.15) is 6.04 Å². The fraction of sp³-hybridized carbons (Fsp3) is 0.720. The Morgan fingerprint density at radius 1 is 1.05 bits per heavy atom. The Morgan fingerprint density at radius 3 is 2.26 bits per heavy atom. The third-order valence-electron chi connectivity index (χ3n) is 6.16. The number of rotatable bonds is 17. The van der Waals surface area contributed by atoms with Crippen LogP contribution in [0.15, 0.2) is 0 Å². The number of carbonyl (C=O) groups is 7. The summed E-state index contributed by atoms with van der Waals surface area (Å²) in [7, 11) is 1.50. The molecule has 0 aliphatic carbocycles. The lowest BCUT2D eigenvalue weighted by atomic mass is 9.92. The molecule has 4 atom stereocenters. The molecule has 214 valence electrons. The molecule has 0 aromatic rings. The zero-order chi connectivity index (χ0) is 29.0. The van der Waals surface area contributed by atoms with Crippen LogP contribution in [0.2, 0.25) is 0 Å². The number of Topliss-reactive ketones (excluding diaryl/α,β-unsaturated/α-hetero) is 1. The molecule has 0 bridgehead atoms. The van der Waals surface area contributed by atoms with Crippen LogP contribution in [0.3, 0.4) is 0 Å². The van der Waals surface area contributed by atoms with Gasteiger partial charge in [-0.05, 0) is 18.8 Å². The molecule has 1 unspecified atom stereocenters. The summed E-state index contributed by atoms with van der Waals surface area (Å²) in [6, 6.07) is -1.83. The number of unbranched alkanes of at least 4 members (excludes halogenated alkanes) is 2. The lowest BCUT2D eigenvalue weighted by molar-refractivity contribution is -0.141. The molecule has 1 rings (SSSR count). The molecule has 1 saturated heterocycles. The molecule has 38 heavy (non-hydrogen) atoms. The van der Waals surface area contributed by atoms with Crippen molar-refractivity contribution in [1.29, 1.82) is 0 Å². The molecule has 0 aromatic carbocycles. The minimum absolute atomic E-state index is 0.0263. The number of hydrogen-bond acceptors (Lipinski definition) is 8. The average Bonchev–Trinajstić information content (AvgIpc) is 3.10. The first kappa shape index (κ1) is 33.1. The van der Waals surface area contributed by atoms with E-state index >= 15 is 0 Å². The van der Waals surface area contributed by atoms with Crippen LogP contribution in [0.5, 0.6) is 0 Å². The highest BCUT2D eigenvalue weighted by atomic mass is 32.2. The Hall–Kier alpha value is -2.96. The summed E-state index contributed by atoms with van der Waals surface area (Å²) in [5.41, 5.74) is 0. The van der Waals surface area contributed by atoms with Crippen LogP contribution in [0, 0.1) is 11.8 Å². The molecule has 0 aromatic heterocycles. The van der Waals surface area contributed by atoms with E-state index in [4.69, 9.17) is 0 Å². The lowest BCUT2D eigenvalue weighted by Crippen LogP contribution is -2.45. The van der Waals surface area contributed by atoms with E-state index in [9.17, 15) is 38.7 Å². The summed E-state index contributed by atoms with van der Waals surface area (Å²) in [6.45, 7) is 6.71. The molecule has 12 nitrogen and oxygen atoms in total. The van der Waals surface area contributed by atoms with E-state index in [1.807, 2.05) is 13.8 Å². The van der Waals surface area contributed by atoms with E-state index in [1.54, 1.807) is 6.92 Å². The molecule has 0 radical (unpaired) electrons. The highest BCUT2D eigenvalue weighted by Gasteiger charge is 2.39. The molecule has 5 amide bonds. The number of nitrogens with zero attached hydrogens (tertiary/aromatic N) is 1. The van der Waals surface area contributed by atoms with E-state index in [0.717, 1.165) is 16.7 Å². The van der Waals surface area contributed by atoms with Gasteiger partial charge in [-0.15, -0.1) is 11.8 Å². The van der Waals surface area contributed by atoms with E-state index in [1.165, 1.54) is 14.0 Å². The Kier molecular flexibility index (Phi) is 14.0. The number of carbonyl (C=O) groups excluding carboxylic acids is 6. The van der Waals surface area contributed by atoms with Gasteiger partial charge >= 0.3 is 5.97 Å². The standard InChI is InChI=1S/C25H40N4O8S/c1-14(2)22(18(31)11-15(3)23(34)26-5)28-20(32)9-7-6-8-10-29-21(33)12-19(24(29)35)38-13-17(25(36)37)27-16(4)30/h14-15,17,19,22H,6-13H2,1-5H3,(H,26,34)(H,27,30)(H,28,32)(H,36,37)/t15-,17+,19?,22+/m1/s1. The Morgan fingerprint density at radius 2 is 1.71 bits per heavy atom. The van der Waals surface area contributed by atoms with Gasteiger partial charge in [-0.3, -0.25) is 33.7 Å². The first-order valence-corrected chi connectivity index (χ1v) is 13.8. The number of thioether (sulfide) groups is 1. The molecule has 1 heterocycles. The van der Waals surface area contributed by atoms with Crippen LogP contribution >= 0.6 is 11.8 Å². The smallest absolute Gasteiger partial charge is 0.327 e. The number of nitrogens with one attached hydrogen (secondary N) is 3. The van der Waals surface area contributed by atoms with Crippen molar-refractivity contribution in [3.05, 3.63) is 0 Å². The van der Waals surface area contributed by atoms with Crippen LogP contribution in [0.1, 0.15) is 66.2 Å². The number of ketones is 1. The molecule has 1 aliphatic rings. The Bertz CT molecular complexity index is 910. The molecule has 1 fully saturated rings. The fourth-order valence-electron chi connectivity index (χ4n) is 4.02. The maximum Gasteiger partial charge on any atom is 0.327 e. The molecule has 0 spiro atoms. The highest BCUT2D eigenvalue weighted by molar-refractivity contribution is 8.00. The minimum atomic E-state index is -1.21. The number of hydrogen-bond donors (Lipinski definition) is 4. The highest BCUT2D eigenvalue weighted by Crippen LogP contribution is 2.26. The second-order valence-corrected chi connectivity index (χ2v) is 11.0. The molecular formula is C25H40N4O8S. The number of imide groups is 1. The van der Waals surface area contributed by atoms with Crippen molar-refractivity contribution in [2.75, 3.05) is 19.3 Å². The SMILES string of the molecule is CNC(=O)[C@H](C)CC(=O)[C@@H](NC(=O)CCCCCN1C(=O)CC(SC[C@H](NC(C)=O)C(=O)O)C1=O)C(C)C. The second kappa shape index (κ2) is 16.1. The normalized spacial score (nSPS) is 17.6. The van der Waals surface area contributed by atoms with Gasteiger partial charge in [0.2, 0.25) is 29.5 Å². The van der Waals surface area contributed by atoms with Crippen LogP contribution in [-0.2, 0) is 33.6 Å². The molecular weight excluding hydrogens is 516 g/mol. The Balaban J connectivity index is 2.44. The largest absolute Gasteiger partial charge is 0.480 e. The summed E-state index contributed by atoms with van der Waals surface area (Å²) in [4.78, 5) is 85.2. The monoisotopic (exact) mass is 556 g/mol. The van der Waals surface area contributed by atoms with Gasteiger partial charge in [-0.1, -0.05) is 27.2 Å². The first-order valence-electron chi connectivity index (χ1n) is 12.8. The van der Waals surface area contributed by atoms with Crippen molar-refractivity contribution in [3.8, 4) is 0 Å². The van der Waals surface area contributed by atoms with Crippen LogP contribution in [-0.4, -0.2) is 88.0 Å². The maximum absolute atomic E-state index is 12.6. The number of likely N-dealkylation sites (tertiary alicyclic amines) is 1. The van der Waals surface area contributed by atoms with Gasteiger partial charge in [-0.2, -0.15) is 0 Å². The van der Waals surface area contributed by atoms with Crippen molar-refractivity contribution in [2.24, 2.45) is 11.8 Å². The minimum Gasteiger partial charge on any atom is -0.480 e. The number of amides is 5. The van der Waals surface area contributed by atoms with Crippen LogP contribution in [0.25, 0.3) is 0 Å². The van der Waals surface area contributed by atoms with Crippen LogP contribution < -0.4 is 16.0 Å². The summed E-state index contributed by atoms with van der Waals surface area (Å²) in [5, 5.41) is 16.1.